The van der Waals surface area contributed by atoms with Gasteiger partial charge in [0.2, 0.25) is 0 Å². The van der Waals surface area contributed by atoms with Crippen LogP contribution in [0, 0.1) is 22.7 Å². The van der Waals surface area contributed by atoms with Gasteiger partial charge in [-0.25, -0.2) is 15.0 Å². The van der Waals surface area contributed by atoms with E-state index in [9.17, 15) is 10.5 Å². The molecule has 9 rings (SSSR count). The second-order valence-corrected chi connectivity index (χ2v) is 13.1. The highest BCUT2D eigenvalue weighted by Crippen LogP contribution is 2.51. The number of rotatable bonds is 4. The van der Waals surface area contributed by atoms with Crippen LogP contribution in [0.1, 0.15) is 36.1 Å². The first kappa shape index (κ1) is 29.3. The van der Waals surface area contributed by atoms with Crippen LogP contribution in [0.3, 0.4) is 0 Å². The van der Waals surface area contributed by atoms with Crippen molar-refractivity contribution in [1.29, 1.82) is 10.5 Å². The van der Waals surface area contributed by atoms with Crippen molar-refractivity contribution in [2.24, 2.45) is 0 Å². The van der Waals surface area contributed by atoms with Crippen LogP contribution in [0.2, 0.25) is 0 Å². The molecule has 0 amide bonds. The van der Waals surface area contributed by atoms with Gasteiger partial charge in [-0.2, -0.15) is 10.5 Å². The van der Waals surface area contributed by atoms with Crippen molar-refractivity contribution in [2.45, 2.75) is 19.3 Å². The van der Waals surface area contributed by atoms with Gasteiger partial charge in [0.1, 0.15) is 6.07 Å². The van der Waals surface area contributed by atoms with Gasteiger partial charge < -0.3 is 4.57 Å². The zero-order valence-corrected chi connectivity index (χ0v) is 27.4. The smallest absolute Gasteiger partial charge is 0.165 e. The lowest BCUT2D eigenvalue weighted by atomic mass is 9.82. The molecule has 2 aromatic heterocycles. The maximum Gasteiger partial charge on any atom is 0.165 e. The van der Waals surface area contributed by atoms with Crippen molar-refractivity contribution in [2.75, 3.05) is 0 Å². The molecule has 0 fully saturated rings. The Bertz CT molecular complexity index is 2690. The van der Waals surface area contributed by atoms with Crippen LogP contribution in [0.4, 0.5) is 0 Å². The monoisotopic (exact) mass is 640 g/mol. The lowest BCUT2D eigenvalue weighted by Gasteiger charge is -2.21. The van der Waals surface area contributed by atoms with Gasteiger partial charge in [-0.3, -0.25) is 0 Å². The van der Waals surface area contributed by atoms with Gasteiger partial charge in [-0.05, 0) is 52.6 Å². The Labute approximate surface area is 289 Å². The zero-order chi connectivity index (χ0) is 34.0. The molecule has 2 heterocycles. The van der Waals surface area contributed by atoms with Gasteiger partial charge in [0.15, 0.2) is 17.5 Å². The van der Waals surface area contributed by atoms with E-state index in [1.807, 2.05) is 72.8 Å². The van der Waals surface area contributed by atoms with Crippen LogP contribution < -0.4 is 0 Å². The number of hydrogen-bond acceptors (Lipinski definition) is 5. The highest BCUT2D eigenvalue weighted by atomic mass is 15.0. The van der Waals surface area contributed by atoms with Crippen molar-refractivity contribution in [3.63, 3.8) is 0 Å². The molecule has 6 aromatic carbocycles. The highest BCUT2D eigenvalue weighted by molar-refractivity contribution is 6.11. The summed E-state index contributed by atoms with van der Waals surface area (Å²) in [6.45, 7) is 4.56. The quantitative estimate of drug-likeness (QED) is 0.191. The number of fused-ring (bicyclic) bond motifs is 6. The van der Waals surface area contributed by atoms with E-state index < -0.39 is 0 Å². The average molecular weight is 641 g/mol. The van der Waals surface area contributed by atoms with Gasteiger partial charge in [0.05, 0.1) is 33.9 Å². The largest absolute Gasteiger partial charge is 0.308 e. The van der Waals surface area contributed by atoms with E-state index in [-0.39, 0.29) is 5.41 Å². The molecule has 1 aliphatic rings. The van der Waals surface area contributed by atoms with Gasteiger partial charge >= 0.3 is 0 Å². The maximum absolute atomic E-state index is 10.7. The molecule has 1 aliphatic carbocycles. The highest BCUT2D eigenvalue weighted by Gasteiger charge is 2.36. The van der Waals surface area contributed by atoms with Crippen molar-refractivity contribution in [3.8, 4) is 63.1 Å². The van der Waals surface area contributed by atoms with Crippen LogP contribution in [0.25, 0.3) is 72.8 Å². The van der Waals surface area contributed by atoms with Crippen molar-refractivity contribution in [1.82, 2.24) is 19.5 Å². The lowest BCUT2D eigenvalue weighted by Crippen LogP contribution is -2.14. The van der Waals surface area contributed by atoms with Crippen molar-refractivity contribution < 1.29 is 0 Å². The maximum atomic E-state index is 10.7. The fourth-order valence-electron chi connectivity index (χ4n) is 7.49. The molecule has 0 saturated heterocycles. The first-order chi connectivity index (χ1) is 24.5. The van der Waals surface area contributed by atoms with E-state index in [0.717, 1.165) is 32.9 Å². The Balaban J connectivity index is 1.30. The Morgan fingerprint density at radius 1 is 0.500 bits per heavy atom. The fourth-order valence-corrected chi connectivity index (χ4v) is 7.49. The van der Waals surface area contributed by atoms with Gasteiger partial charge in [-0.15, -0.1) is 0 Å². The van der Waals surface area contributed by atoms with Gasteiger partial charge in [-0.1, -0.05) is 117 Å². The molecule has 0 unspecified atom stereocenters. The average Bonchev–Trinajstić information content (AvgIpc) is 3.61. The molecule has 6 nitrogen and oxygen atoms in total. The molecule has 0 aliphatic heterocycles. The molecule has 0 spiro atoms. The van der Waals surface area contributed by atoms with E-state index in [1.54, 1.807) is 12.1 Å². The molecule has 0 atom stereocenters. The summed E-state index contributed by atoms with van der Waals surface area (Å²) in [4.78, 5) is 14.5. The molecular formula is C44H28N6. The first-order valence-corrected chi connectivity index (χ1v) is 16.5. The number of para-hydroxylation sites is 1. The standard InChI is InChI=1S/C44H28N6/c1-44(2)36-19-11-9-17-31(36)34-24-40-35(23-37(34)44)32-18-10-12-20-38(32)50(40)39-22-29(25-45)33(21-30(39)26-46)43-48-41(27-13-5-3-6-14-27)47-42(49-43)28-15-7-4-8-16-28/h3-24H,1-2H3. The van der Waals surface area contributed by atoms with Gasteiger partial charge in [0.25, 0.3) is 0 Å². The van der Waals surface area contributed by atoms with E-state index >= 15 is 0 Å². The predicted molar refractivity (Wildman–Crippen MR) is 197 cm³/mol. The summed E-state index contributed by atoms with van der Waals surface area (Å²) in [6, 6.07) is 49.2. The third-order valence-electron chi connectivity index (χ3n) is 9.93. The van der Waals surface area contributed by atoms with E-state index in [0.29, 0.717) is 39.9 Å². The summed E-state index contributed by atoms with van der Waals surface area (Å²) in [5, 5.41) is 23.5. The second-order valence-electron chi connectivity index (χ2n) is 13.1. The van der Waals surface area contributed by atoms with Gasteiger partial charge in [0, 0.05) is 32.9 Å². The number of nitrogens with zero attached hydrogens (tertiary/aromatic N) is 6. The molecule has 0 N–H and O–H groups in total. The number of aromatic nitrogens is 4. The minimum Gasteiger partial charge on any atom is -0.308 e. The predicted octanol–water partition coefficient (Wildman–Crippen LogP) is 10.0. The van der Waals surface area contributed by atoms with Crippen molar-refractivity contribution >= 4 is 21.8 Å². The Kier molecular flexibility index (Phi) is 6.49. The third-order valence-corrected chi connectivity index (χ3v) is 9.93. The molecule has 6 heteroatoms. The van der Waals surface area contributed by atoms with E-state index in [4.69, 9.17) is 15.0 Å². The molecule has 8 aromatic rings. The zero-order valence-electron chi connectivity index (χ0n) is 27.4. The molecule has 234 valence electrons. The lowest BCUT2D eigenvalue weighted by molar-refractivity contribution is 0.661. The summed E-state index contributed by atoms with van der Waals surface area (Å²) in [7, 11) is 0. The summed E-state index contributed by atoms with van der Waals surface area (Å²) >= 11 is 0. The Morgan fingerprint density at radius 3 is 1.78 bits per heavy atom. The van der Waals surface area contributed by atoms with Crippen LogP contribution in [-0.2, 0) is 5.41 Å². The van der Waals surface area contributed by atoms with E-state index in [1.165, 1.54) is 22.3 Å². The number of hydrogen-bond donors (Lipinski definition) is 0. The first-order valence-electron chi connectivity index (χ1n) is 16.5. The normalized spacial score (nSPS) is 12.7. The minimum atomic E-state index is -0.154. The second kappa shape index (κ2) is 11.1. The summed E-state index contributed by atoms with van der Waals surface area (Å²) in [5.41, 5.74) is 10.3. The van der Waals surface area contributed by atoms with Crippen molar-refractivity contribution in [3.05, 3.63) is 156 Å². The van der Waals surface area contributed by atoms with Crippen LogP contribution >= 0.6 is 0 Å². The Morgan fingerprint density at radius 2 is 1.10 bits per heavy atom. The number of benzene rings is 6. The summed E-state index contributed by atoms with van der Waals surface area (Å²) in [6.07, 6.45) is 0. The molecule has 0 radical (unpaired) electrons. The van der Waals surface area contributed by atoms with E-state index in [2.05, 4.69) is 79.1 Å². The molecular weight excluding hydrogens is 613 g/mol. The fraction of sp³-hybridized carbons (Fsp3) is 0.0682. The summed E-state index contributed by atoms with van der Waals surface area (Å²) < 4.78 is 2.13. The third kappa shape index (κ3) is 4.36. The van der Waals surface area contributed by atoms with Crippen LogP contribution in [0.5, 0.6) is 0 Å². The topological polar surface area (TPSA) is 91.2 Å². The minimum absolute atomic E-state index is 0.154. The summed E-state index contributed by atoms with van der Waals surface area (Å²) in [5.74, 6) is 1.30. The molecule has 0 saturated carbocycles. The molecule has 0 bridgehead atoms. The molecule has 50 heavy (non-hydrogen) atoms. The van der Waals surface area contributed by atoms with Crippen LogP contribution in [-0.4, -0.2) is 19.5 Å². The Hall–Kier alpha value is -6.89. The number of nitriles is 2. The SMILES string of the molecule is CC1(C)c2ccccc2-c2cc3c(cc21)c1ccccc1n3-c1cc(C#N)c(-c2nc(-c3ccccc3)nc(-c3ccccc3)n2)cc1C#N. The van der Waals surface area contributed by atoms with Crippen LogP contribution in [0.15, 0.2) is 133 Å².